The van der Waals surface area contributed by atoms with Gasteiger partial charge in [-0.25, -0.2) is 0 Å². The van der Waals surface area contributed by atoms with Crippen molar-refractivity contribution >= 4 is 11.8 Å². The molecule has 0 radical (unpaired) electrons. The van der Waals surface area contributed by atoms with Crippen LogP contribution in [0.25, 0.3) is 11.5 Å². The van der Waals surface area contributed by atoms with E-state index in [0.29, 0.717) is 17.0 Å². The largest absolute Gasteiger partial charge is 0.411 e. The fraction of sp³-hybridized carbons (Fsp3) is 0.440. The predicted molar refractivity (Wildman–Crippen MR) is 124 cm³/mol. The maximum Gasteiger partial charge on any atom is 0.277 e. The lowest BCUT2D eigenvalue weighted by molar-refractivity contribution is 0.282. The smallest absolute Gasteiger partial charge is 0.277 e. The van der Waals surface area contributed by atoms with E-state index in [1.807, 2.05) is 24.3 Å². The summed E-state index contributed by atoms with van der Waals surface area (Å²) < 4.78 is 5.97. The molecule has 3 aromatic rings. The van der Waals surface area contributed by atoms with Crippen molar-refractivity contribution in [3.8, 4) is 11.5 Å². The fourth-order valence-corrected chi connectivity index (χ4v) is 4.35. The van der Waals surface area contributed by atoms with E-state index in [0.717, 1.165) is 23.1 Å². The molecule has 1 heterocycles. The van der Waals surface area contributed by atoms with Gasteiger partial charge < -0.3 is 9.52 Å². The zero-order chi connectivity index (χ0) is 21.5. The molecule has 0 aliphatic heterocycles. The van der Waals surface area contributed by atoms with Gasteiger partial charge >= 0.3 is 0 Å². The van der Waals surface area contributed by atoms with E-state index >= 15 is 0 Å². The average Bonchev–Trinajstić information content (AvgIpc) is 3.22. The van der Waals surface area contributed by atoms with E-state index < -0.39 is 0 Å². The number of unbranched alkanes of at least 4 members (excludes halogenated alkanes) is 1. The van der Waals surface area contributed by atoms with Crippen LogP contribution in [0.1, 0.15) is 67.5 Å². The first-order chi connectivity index (χ1) is 14.5. The van der Waals surface area contributed by atoms with Gasteiger partial charge in [-0.2, -0.15) is 0 Å². The summed E-state index contributed by atoms with van der Waals surface area (Å²) in [7, 11) is 0. The molecule has 0 aliphatic rings. The Morgan fingerprint density at radius 3 is 2.53 bits per heavy atom. The van der Waals surface area contributed by atoms with Crippen LogP contribution in [0.5, 0.6) is 0 Å². The Labute approximate surface area is 184 Å². The van der Waals surface area contributed by atoms with Crippen molar-refractivity contribution in [3.05, 3.63) is 64.7 Å². The number of aliphatic hydroxyl groups excluding tert-OH is 1. The van der Waals surface area contributed by atoms with E-state index in [9.17, 15) is 5.11 Å². The molecule has 2 unspecified atom stereocenters. The highest BCUT2D eigenvalue weighted by molar-refractivity contribution is 7.99. The third-order valence-electron chi connectivity index (χ3n) is 5.53. The lowest BCUT2D eigenvalue weighted by Crippen LogP contribution is -2.02. The molecule has 1 N–H and O–H groups in total. The van der Waals surface area contributed by atoms with E-state index in [1.165, 1.54) is 30.4 Å². The van der Waals surface area contributed by atoms with Crippen molar-refractivity contribution < 1.29 is 9.52 Å². The Morgan fingerprint density at radius 1 is 1.07 bits per heavy atom. The summed E-state index contributed by atoms with van der Waals surface area (Å²) in [5, 5.41) is 18.5. The van der Waals surface area contributed by atoms with Crippen LogP contribution in [-0.4, -0.2) is 15.3 Å². The summed E-state index contributed by atoms with van der Waals surface area (Å²) in [6, 6.07) is 14.4. The molecule has 30 heavy (non-hydrogen) atoms. The van der Waals surface area contributed by atoms with Gasteiger partial charge in [0.15, 0.2) is 0 Å². The van der Waals surface area contributed by atoms with Gasteiger partial charge in [-0.15, -0.1) is 10.2 Å². The van der Waals surface area contributed by atoms with E-state index in [-0.39, 0.29) is 11.9 Å². The van der Waals surface area contributed by atoms with Crippen molar-refractivity contribution in [3.63, 3.8) is 0 Å². The minimum absolute atomic E-state index is 0.0603. The second-order valence-electron chi connectivity index (χ2n) is 8.13. The zero-order valence-corrected chi connectivity index (χ0v) is 19.2. The summed E-state index contributed by atoms with van der Waals surface area (Å²) >= 11 is 1.55. The summed E-state index contributed by atoms with van der Waals surface area (Å²) in [6.07, 6.45) is 4.87. The molecule has 2 aromatic carbocycles. The van der Waals surface area contributed by atoms with Gasteiger partial charge in [0.25, 0.3) is 5.22 Å². The van der Waals surface area contributed by atoms with Gasteiger partial charge in [0.05, 0.1) is 6.61 Å². The van der Waals surface area contributed by atoms with Gasteiger partial charge in [0.2, 0.25) is 5.89 Å². The molecule has 0 saturated carbocycles. The highest BCUT2D eigenvalue weighted by Gasteiger charge is 2.15. The van der Waals surface area contributed by atoms with Crippen LogP contribution >= 0.6 is 11.8 Å². The Kier molecular flexibility index (Phi) is 8.11. The standard InChI is InChI=1S/C25H32N2O2S/c1-5-6-7-17(2)14-23-15-22(11-8-18(23)3)24-26-27-25(29-24)30-19(4)21-12-9-20(16-28)10-13-21/h8-13,15,17,19,28H,5-7,14,16H2,1-4H3. The molecule has 3 rings (SSSR count). The second kappa shape index (κ2) is 10.8. The fourth-order valence-electron chi connectivity index (χ4n) is 3.54. The molecule has 0 fully saturated rings. The molecule has 0 aliphatic carbocycles. The van der Waals surface area contributed by atoms with Crippen molar-refractivity contribution in [1.82, 2.24) is 10.2 Å². The van der Waals surface area contributed by atoms with Crippen LogP contribution in [0.3, 0.4) is 0 Å². The average molecular weight is 425 g/mol. The molecular formula is C25H32N2O2S. The van der Waals surface area contributed by atoms with Gasteiger partial charge in [-0.1, -0.05) is 75.2 Å². The summed E-state index contributed by atoms with van der Waals surface area (Å²) in [5.74, 6) is 1.24. The van der Waals surface area contributed by atoms with Crippen LogP contribution in [0.15, 0.2) is 52.1 Å². The maximum absolute atomic E-state index is 9.20. The number of hydrogen-bond acceptors (Lipinski definition) is 5. The van der Waals surface area contributed by atoms with Crippen molar-refractivity contribution in [2.45, 2.75) is 70.5 Å². The number of aromatic nitrogens is 2. The van der Waals surface area contributed by atoms with Crippen LogP contribution in [-0.2, 0) is 13.0 Å². The first kappa shape index (κ1) is 22.6. The molecule has 5 heteroatoms. The van der Waals surface area contributed by atoms with Crippen molar-refractivity contribution in [2.75, 3.05) is 0 Å². The van der Waals surface area contributed by atoms with E-state index in [4.69, 9.17) is 4.42 Å². The number of thioether (sulfide) groups is 1. The summed E-state index contributed by atoms with van der Waals surface area (Å²) in [5.41, 5.74) is 5.74. The molecule has 0 amide bonds. The predicted octanol–water partition coefficient (Wildman–Crippen LogP) is 6.76. The SMILES string of the molecule is CCCCC(C)Cc1cc(-c2nnc(SC(C)c3ccc(CO)cc3)o2)ccc1C. The Bertz CT molecular complexity index is 937. The maximum atomic E-state index is 9.20. The first-order valence-electron chi connectivity index (χ1n) is 10.8. The lowest BCUT2D eigenvalue weighted by Gasteiger charge is -2.13. The monoisotopic (exact) mass is 424 g/mol. The topological polar surface area (TPSA) is 59.2 Å². The van der Waals surface area contributed by atoms with Crippen molar-refractivity contribution in [1.29, 1.82) is 0 Å². The minimum atomic E-state index is 0.0603. The van der Waals surface area contributed by atoms with Crippen LogP contribution in [0.4, 0.5) is 0 Å². The quantitative estimate of drug-likeness (QED) is 0.364. The number of aryl methyl sites for hydroxylation is 1. The number of nitrogens with zero attached hydrogens (tertiary/aromatic N) is 2. The Hall–Kier alpha value is -2.11. The molecule has 0 spiro atoms. The summed E-state index contributed by atoms with van der Waals surface area (Å²) in [4.78, 5) is 0. The number of hydrogen-bond donors (Lipinski definition) is 1. The van der Waals surface area contributed by atoms with Gasteiger partial charge in [-0.3, -0.25) is 0 Å². The van der Waals surface area contributed by atoms with Gasteiger partial charge in [0.1, 0.15) is 0 Å². The zero-order valence-electron chi connectivity index (χ0n) is 18.4. The minimum Gasteiger partial charge on any atom is -0.411 e. The number of benzene rings is 2. The highest BCUT2D eigenvalue weighted by Crippen LogP contribution is 2.35. The third kappa shape index (κ3) is 5.96. The Balaban J connectivity index is 1.69. The molecular weight excluding hydrogens is 392 g/mol. The molecule has 2 atom stereocenters. The van der Waals surface area contributed by atoms with Gasteiger partial charge in [-0.05, 0) is 60.6 Å². The van der Waals surface area contributed by atoms with E-state index in [2.05, 4.69) is 56.1 Å². The molecule has 1 aromatic heterocycles. The Morgan fingerprint density at radius 2 is 1.83 bits per heavy atom. The molecule has 0 bridgehead atoms. The van der Waals surface area contributed by atoms with Crippen LogP contribution in [0, 0.1) is 12.8 Å². The van der Waals surface area contributed by atoms with Gasteiger partial charge in [0, 0.05) is 10.8 Å². The third-order valence-corrected chi connectivity index (χ3v) is 6.52. The lowest BCUT2D eigenvalue weighted by atomic mass is 9.92. The number of rotatable bonds is 10. The molecule has 160 valence electrons. The van der Waals surface area contributed by atoms with Crippen LogP contribution < -0.4 is 0 Å². The van der Waals surface area contributed by atoms with Crippen LogP contribution in [0.2, 0.25) is 0 Å². The number of aliphatic hydroxyl groups is 1. The second-order valence-corrected chi connectivity index (χ2v) is 9.42. The molecule has 4 nitrogen and oxygen atoms in total. The normalized spacial score (nSPS) is 13.4. The first-order valence-corrected chi connectivity index (χ1v) is 11.7. The van der Waals surface area contributed by atoms with Crippen molar-refractivity contribution in [2.24, 2.45) is 5.92 Å². The summed E-state index contributed by atoms with van der Waals surface area (Å²) in [6.45, 7) is 8.92. The highest BCUT2D eigenvalue weighted by atomic mass is 32.2. The van der Waals surface area contributed by atoms with E-state index in [1.54, 1.807) is 11.8 Å². The molecule has 0 saturated heterocycles.